The first-order valence-electron chi connectivity index (χ1n) is 17.2. The van der Waals surface area contributed by atoms with Crippen molar-refractivity contribution >= 4 is 115 Å². The minimum atomic E-state index is -0.923. The van der Waals surface area contributed by atoms with Crippen molar-refractivity contribution in [1.82, 2.24) is 29.8 Å². The first kappa shape index (κ1) is 48.0. The van der Waals surface area contributed by atoms with Gasteiger partial charge in [-0.1, -0.05) is 53.8 Å². The lowest BCUT2D eigenvalue weighted by Crippen LogP contribution is -2.54. The maximum Gasteiger partial charge on any atom is 0.325 e. The predicted molar refractivity (Wildman–Crippen MR) is 243 cm³/mol. The fraction of sp³-hybridized carbons (Fsp3) is 0.459. The third-order valence-electron chi connectivity index (χ3n) is 9.08. The Balaban J connectivity index is 0.000000246. The quantitative estimate of drug-likeness (QED) is 0.167. The number of carboxylic acids is 1. The molecule has 0 bridgehead atoms. The number of carboxylic acid groups (broad SMARTS) is 1. The van der Waals surface area contributed by atoms with Crippen LogP contribution >= 0.6 is 91.6 Å². The van der Waals surface area contributed by atoms with Gasteiger partial charge in [-0.15, -0.1) is 0 Å². The maximum absolute atomic E-state index is 12.8. The normalized spacial score (nSPS) is 16.5. The number of nitrogens with zero attached hydrogens (tertiary/aromatic N) is 7. The van der Waals surface area contributed by atoms with E-state index >= 15 is 0 Å². The summed E-state index contributed by atoms with van der Waals surface area (Å²) in [7, 11) is 3.25. The molecule has 2 saturated heterocycles. The van der Waals surface area contributed by atoms with Crippen LogP contribution in [0.1, 0.15) is 32.7 Å². The van der Waals surface area contributed by atoms with E-state index in [9.17, 15) is 9.59 Å². The lowest BCUT2D eigenvalue weighted by atomic mass is 10.1. The Labute approximate surface area is 376 Å². The van der Waals surface area contributed by atoms with Gasteiger partial charge in [0, 0.05) is 74.9 Å². The number of ether oxygens (including phenoxy) is 2. The second kappa shape index (κ2) is 22.1. The van der Waals surface area contributed by atoms with Crippen molar-refractivity contribution in [2.24, 2.45) is 0 Å². The molecule has 308 valence electrons. The van der Waals surface area contributed by atoms with Crippen molar-refractivity contribution in [3.8, 4) is 11.5 Å². The minimum absolute atomic E-state index is 0. The molecule has 2 aromatic carbocycles. The van der Waals surface area contributed by atoms with Crippen LogP contribution in [-0.4, -0.2) is 107 Å². The third-order valence-corrected chi connectivity index (χ3v) is 12.8. The molecule has 2 N–H and O–H groups in total. The number of carbonyl (C=O) groups excluding carboxylic acids is 1. The monoisotopic (exact) mass is 1080 g/mol. The molecular formula is C37H48Cl4I2N8O5. The van der Waals surface area contributed by atoms with Crippen LogP contribution in [0.3, 0.4) is 0 Å². The number of anilines is 2. The molecule has 2 aliphatic heterocycles. The van der Waals surface area contributed by atoms with Crippen molar-refractivity contribution in [1.29, 1.82) is 0 Å². The van der Waals surface area contributed by atoms with Crippen molar-refractivity contribution in [3.05, 3.63) is 75.3 Å². The smallest absolute Gasteiger partial charge is 0.325 e. The molecule has 13 nitrogen and oxygen atoms in total. The molecule has 1 amide bonds. The van der Waals surface area contributed by atoms with E-state index in [2.05, 4.69) is 61.8 Å². The molecule has 4 heterocycles. The summed E-state index contributed by atoms with van der Waals surface area (Å²) in [5.74, 6) is 0.523. The molecular weight excluding hydrogens is 1030 g/mol. The maximum atomic E-state index is 12.8. The van der Waals surface area contributed by atoms with E-state index in [1.54, 1.807) is 25.8 Å². The number of methoxy groups -OCH3 is 2. The van der Waals surface area contributed by atoms with Crippen molar-refractivity contribution in [2.45, 2.75) is 60.3 Å². The van der Waals surface area contributed by atoms with Gasteiger partial charge in [-0.3, -0.25) is 19.0 Å². The number of nitrogens with one attached hydrogen (secondary N) is 1. The van der Waals surface area contributed by atoms with Crippen LogP contribution in [0.15, 0.2) is 36.4 Å². The van der Waals surface area contributed by atoms with Crippen LogP contribution in [0.2, 0.25) is 20.1 Å². The van der Waals surface area contributed by atoms with Crippen molar-refractivity contribution < 1.29 is 24.2 Å². The number of amides is 1. The van der Waals surface area contributed by atoms with E-state index in [1.807, 2.05) is 70.8 Å². The van der Waals surface area contributed by atoms with Gasteiger partial charge in [0.15, 0.2) is 0 Å². The van der Waals surface area contributed by atoms with E-state index < -0.39 is 5.97 Å². The standard InChI is InChI=1S/C18H21Cl2IN4O2.C12H17ClN2O.C6H6ClIN2O2.CH4/c1-11-9-23(13-4-5-14(19)15(8-13)27-3)6-7-24(11)16(26)10-25-12(2)17(20)18(21)22-25;1-9-8-15(6-5-14-9)10-3-4-11(13)12(7-10)16-2;1-3-5(7)6(8)9-10(3)2-4(11)12;/h4-5,8,11H,6-7,9-10H2,1-3H3;3-4,7,9,14H,5-6,8H2,1-2H3;2H2,1H3,(H,11,12);1H4/t11-;9-;;/m00../s1. The van der Waals surface area contributed by atoms with Gasteiger partial charge in [-0.25, -0.2) is 0 Å². The molecule has 2 atom stereocenters. The SMILES string of the molecule is C.COc1cc(N2CCN(C(=O)Cn3nc(I)c(Cl)c3C)[C@@H](C)C2)ccc1Cl.COc1cc(N2CCN[C@@H](C)C2)ccc1Cl.Cc1c(Cl)c(I)nn1CC(=O)O. The van der Waals surface area contributed by atoms with E-state index in [4.69, 9.17) is 61.0 Å². The topological polar surface area (TPSA) is 130 Å². The highest BCUT2D eigenvalue weighted by Crippen LogP contribution is 2.32. The highest BCUT2D eigenvalue weighted by molar-refractivity contribution is 14.1. The number of rotatable bonds is 8. The molecule has 0 unspecified atom stereocenters. The zero-order chi connectivity index (χ0) is 40.6. The average molecular weight is 1080 g/mol. The van der Waals surface area contributed by atoms with Gasteiger partial charge >= 0.3 is 5.97 Å². The molecule has 6 rings (SSSR count). The van der Waals surface area contributed by atoms with Crippen LogP contribution in [0.25, 0.3) is 0 Å². The van der Waals surface area contributed by atoms with Crippen LogP contribution in [-0.2, 0) is 22.7 Å². The summed E-state index contributed by atoms with van der Waals surface area (Å²) < 4.78 is 14.9. The molecule has 0 saturated carbocycles. The molecule has 2 fully saturated rings. The Morgan fingerprint density at radius 3 is 1.70 bits per heavy atom. The number of aromatic nitrogens is 4. The minimum Gasteiger partial charge on any atom is -0.495 e. The van der Waals surface area contributed by atoms with Gasteiger partial charge < -0.3 is 34.6 Å². The Kier molecular flexibility index (Phi) is 18.9. The Bertz CT molecular complexity index is 1970. The van der Waals surface area contributed by atoms with Crippen LogP contribution in [0, 0.1) is 21.2 Å². The van der Waals surface area contributed by atoms with E-state index in [-0.39, 0.29) is 32.5 Å². The first-order valence-corrected chi connectivity index (χ1v) is 20.9. The number of aliphatic carboxylic acids is 1. The van der Waals surface area contributed by atoms with Gasteiger partial charge in [-0.2, -0.15) is 10.2 Å². The summed E-state index contributed by atoms with van der Waals surface area (Å²) in [6.07, 6.45) is 0. The number of carbonyl (C=O) groups is 2. The highest BCUT2D eigenvalue weighted by Gasteiger charge is 2.29. The van der Waals surface area contributed by atoms with Crippen LogP contribution in [0.5, 0.6) is 11.5 Å². The second-order valence-corrected chi connectivity index (χ2v) is 16.5. The summed E-state index contributed by atoms with van der Waals surface area (Å²) in [5.41, 5.74) is 3.71. The molecule has 0 radical (unpaired) electrons. The Morgan fingerprint density at radius 1 is 0.804 bits per heavy atom. The van der Waals surface area contributed by atoms with Gasteiger partial charge in [0.05, 0.1) is 45.7 Å². The summed E-state index contributed by atoms with van der Waals surface area (Å²) in [6.45, 7) is 13.1. The molecule has 2 aromatic heterocycles. The van der Waals surface area contributed by atoms with Gasteiger partial charge in [-0.05, 0) is 97.1 Å². The number of hydrogen-bond donors (Lipinski definition) is 2. The van der Waals surface area contributed by atoms with Crippen LogP contribution in [0.4, 0.5) is 11.4 Å². The molecule has 2 aliphatic rings. The molecule has 0 aliphatic carbocycles. The fourth-order valence-corrected chi connectivity index (χ4v) is 8.01. The molecule has 4 aromatic rings. The fourth-order valence-electron chi connectivity index (χ4n) is 6.05. The predicted octanol–water partition coefficient (Wildman–Crippen LogP) is 8.17. The number of hydrogen-bond acceptors (Lipinski definition) is 9. The Morgan fingerprint density at radius 2 is 1.29 bits per heavy atom. The summed E-state index contributed by atoms with van der Waals surface area (Å²) in [5, 5.41) is 22.6. The summed E-state index contributed by atoms with van der Waals surface area (Å²) >= 11 is 28.1. The largest absolute Gasteiger partial charge is 0.495 e. The molecule has 19 heteroatoms. The zero-order valence-electron chi connectivity index (χ0n) is 31.3. The molecule has 56 heavy (non-hydrogen) atoms. The van der Waals surface area contributed by atoms with Crippen molar-refractivity contribution in [2.75, 3.05) is 63.3 Å². The van der Waals surface area contributed by atoms with E-state index in [1.165, 1.54) is 10.4 Å². The van der Waals surface area contributed by atoms with Gasteiger partial charge in [0.25, 0.3) is 0 Å². The van der Waals surface area contributed by atoms with Gasteiger partial charge in [0.1, 0.15) is 32.0 Å². The Hall–Kier alpha value is -2.42. The number of halogens is 6. The van der Waals surface area contributed by atoms with Crippen molar-refractivity contribution in [3.63, 3.8) is 0 Å². The highest BCUT2D eigenvalue weighted by atomic mass is 127. The number of benzene rings is 2. The summed E-state index contributed by atoms with van der Waals surface area (Å²) in [6, 6.07) is 12.3. The van der Waals surface area contributed by atoms with E-state index in [0.717, 1.165) is 49.9 Å². The number of piperazine rings is 2. The van der Waals surface area contributed by atoms with E-state index in [0.29, 0.717) is 51.5 Å². The molecule has 0 spiro atoms. The van der Waals surface area contributed by atoms with Gasteiger partial charge in [0.2, 0.25) is 5.91 Å². The lowest BCUT2D eigenvalue weighted by Gasteiger charge is -2.41. The van der Waals surface area contributed by atoms with Crippen LogP contribution < -0.4 is 24.6 Å². The zero-order valence-corrected chi connectivity index (χ0v) is 38.6. The summed E-state index contributed by atoms with van der Waals surface area (Å²) in [4.78, 5) is 29.6. The second-order valence-electron chi connectivity index (χ2n) is 12.9. The average Bonchev–Trinajstić information content (AvgIpc) is 3.54. The lowest BCUT2D eigenvalue weighted by molar-refractivity contribution is -0.138. The third kappa shape index (κ3) is 12.5. The first-order chi connectivity index (χ1) is 26.0.